The van der Waals surface area contributed by atoms with Crippen LogP contribution in [0.5, 0.6) is 5.75 Å². The largest absolute Gasteiger partial charge is 0.467 e. The Hall–Kier alpha value is -1.79. The maximum Gasteiger partial charge on any atom is 0.287 e. The second-order valence-electron chi connectivity index (χ2n) is 4.32. The fraction of sp³-hybridized carbons (Fsp3) is 0.214. The van der Waals surface area contributed by atoms with E-state index in [1.54, 1.807) is 12.1 Å². The zero-order chi connectivity index (χ0) is 13.9. The Morgan fingerprint density at radius 2 is 2.30 bits per heavy atom. The van der Waals surface area contributed by atoms with E-state index >= 15 is 0 Å². The van der Waals surface area contributed by atoms with Gasteiger partial charge in [0, 0.05) is 22.1 Å². The summed E-state index contributed by atoms with van der Waals surface area (Å²) in [7, 11) is 0. The van der Waals surface area contributed by atoms with Crippen LogP contribution in [0.1, 0.15) is 21.7 Å². The molecule has 1 aromatic carbocycles. The van der Waals surface area contributed by atoms with Crippen LogP contribution in [0, 0.1) is 0 Å². The Morgan fingerprint density at radius 1 is 1.40 bits per heavy atom. The lowest BCUT2D eigenvalue weighted by atomic mass is 10.1. The summed E-state index contributed by atoms with van der Waals surface area (Å²) in [6.45, 7) is 1.10. The number of fused-ring (bicyclic) bond motifs is 1. The summed E-state index contributed by atoms with van der Waals surface area (Å²) >= 11 is 3.44. The average molecular weight is 338 g/mol. The first-order valence-corrected chi connectivity index (χ1v) is 6.87. The highest BCUT2D eigenvalue weighted by Crippen LogP contribution is 2.31. The molecule has 0 radical (unpaired) electrons. The maximum absolute atomic E-state index is 11.9. The Bertz CT molecular complexity index is 624. The van der Waals surface area contributed by atoms with Crippen molar-refractivity contribution in [1.82, 2.24) is 5.32 Å². The van der Waals surface area contributed by atoms with E-state index in [1.807, 2.05) is 12.1 Å². The van der Waals surface area contributed by atoms with Crippen LogP contribution in [0.3, 0.4) is 0 Å². The van der Waals surface area contributed by atoms with E-state index in [2.05, 4.69) is 21.2 Å². The minimum Gasteiger partial charge on any atom is -0.467 e. The van der Waals surface area contributed by atoms with Gasteiger partial charge < -0.3 is 19.2 Å². The van der Waals surface area contributed by atoms with E-state index in [-0.39, 0.29) is 18.5 Å². The van der Waals surface area contributed by atoms with Crippen LogP contribution in [-0.4, -0.2) is 12.7 Å². The standard InChI is InChI=1S/C14H12BrNO4/c15-11-4-9(13-10(5-11)7-18-8-20-13)6-16-14(17)12-2-1-3-19-12/h1-5H,6-8H2,(H,16,17). The molecule has 6 heteroatoms. The molecule has 1 aliphatic rings. The third-order valence-electron chi connectivity index (χ3n) is 2.94. The average Bonchev–Trinajstić information content (AvgIpc) is 2.98. The minimum absolute atomic E-state index is 0.230. The van der Waals surface area contributed by atoms with Crippen LogP contribution in [-0.2, 0) is 17.9 Å². The molecule has 1 amide bonds. The SMILES string of the molecule is O=C(NCc1cc(Br)cc2c1OCOC2)c1ccco1. The van der Waals surface area contributed by atoms with E-state index in [1.165, 1.54) is 6.26 Å². The van der Waals surface area contributed by atoms with Crippen molar-refractivity contribution in [3.63, 3.8) is 0 Å². The number of ether oxygens (including phenoxy) is 2. The molecule has 0 atom stereocenters. The molecule has 0 saturated carbocycles. The van der Waals surface area contributed by atoms with Gasteiger partial charge in [-0.3, -0.25) is 4.79 Å². The summed E-state index contributed by atoms with van der Waals surface area (Å²) in [5.74, 6) is 0.813. The highest BCUT2D eigenvalue weighted by molar-refractivity contribution is 9.10. The maximum atomic E-state index is 11.9. The topological polar surface area (TPSA) is 60.7 Å². The molecule has 0 bridgehead atoms. The summed E-state index contributed by atoms with van der Waals surface area (Å²) in [5, 5.41) is 2.80. The van der Waals surface area contributed by atoms with E-state index in [0.717, 1.165) is 21.3 Å². The van der Waals surface area contributed by atoms with Crippen molar-refractivity contribution in [2.24, 2.45) is 0 Å². The summed E-state index contributed by atoms with van der Waals surface area (Å²) in [5.41, 5.74) is 1.87. The summed E-state index contributed by atoms with van der Waals surface area (Å²) in [4.78, 5) is 11.9. The smallest absolute Gasteiger partial charge is 0.287 e. The van der Waals surface area contributed by atoms with Gasteiger partial charge in [-0.1, -0.05) is 15.9 Å². The summed E-state index contributed by atoms with van der Waals surface area (Å²) in [6.07, 6.45) is 1.47. The molecule has 1 aromatic heterocycles. The molecule has 0 unspecified atom stereocenters. The lowest BCUT2D eigenvalue weighted by molar-refractivity contribution is -0.0171. The third-order valence-corrected chi connectivity index (χ3v) is 3.39. The highest BCUT2D eigenvalue weighted by atomic mass is 79.9. The van der Waals surface area contributed by atoms with Gasteiger partial charge in [0.25, 0.3) is 5.91 Å². The lowest BCUT2D eigenvalue weighted by Gasteiger charge is -2.21. The number of hydrogen-bond donors (Lipinski definition) is 1. The van der Waals surface area contributed by atoms with Gasteiger partial charge in [0.1, 0.15) is 5.75 Å². The third kappa shape index (κ3) is 2.71. The van der Waals surface area contributed by atoms with Gasteiger partial charge in [-0.15, -0.1) is 0 Å². The van der Waals surface area contributed by atoms with Gasteiger partial charge in [0.15, 0.2) is 12.6 Å². The molecular weight excluding hydrogens is 326 g/mol. The summed E-state index contributed by atoms with van der Waals surface area (Å²) < 4.78 is 16.7. The number of furan rings is 1. The first-order valence-electron chi connectivity index (χ1n) is 6.07. The second-order valence-corrected chi connectivity index (χ2v) is 5.24. The zero-order valence-corrected chi connectivity index (χ0v) is 12.1. The lowest BCUT2D eigenvalue weighted by Crippen LogP contribution is -2.23. The molecule has 3 rings (SSSR count). The number of nitrogens with one attached hydrogen (secondary N) is 1. The molecule has 2 heterocycles. The zero-order valence-electron chi connectivity index (χ0n) is 10.5. The van der Waals surface area contributed by atoms with Crippen molar-refractivity contribution in [2.45, 2.75) is 13.2 Å². The van der Waals surface area contributed by atoms with Crippen LogP contribution in [0.2, 0.25) is 0 Å². The Balaban J connectivity index is 1.77. The van der Waals surface area contributed by atoms with Gasteiger partial charge in [-0.25, -0.2) is 0 Å². The number of carbonyl (C=O) groups excluding carboxylic acids is 1. The van der Waals surface area contributed by atoms with Gasteiger partial charge in [-0.05, 0) is 24.3 Å². The van der Waals surface area contributed by atoms with Gasteiger partial charge in [0.05, 0.1) is 12.9 Å². The normalized spacial score (nSPS) is 13.4. The van der Waals surface area contributed by atoms with Crippen molar-refractivity contribution in [2.75, 3.05) is 6.79 Å². The molecule has 0 fully saturated rings. The molecule has 5 nitrogen and oxygen atoms in total. The molecule has 20 heavy (non-hydrogen) atoms. The molecule has 104 valence electrons. The number of amides is 1. The number of rotatable bonds is 3. The number of carbonyl (C=O) groups is 1. The quantitative estimate of drug-likeness (QED) is 0.935. The molecule has 1 N–H and O–H groups in total. The predicted octanol–water partition coefficient (Wildman–Crippen LogP) is 2.84. The van der Waals surface area contributed by atoms with Crippen molar-refractivity contribution < 1.29 is 18.7 Å². The molecule has 1 aliphatic heterocycles. The molecule has 0 spiro atoms. The molecule has 0 aliphatic carbocycles. The fourth-order valence-electron chi connectivity index (χ4n) is 2.06. The highest BCUT2D eigenvalue weighted by Gasteiger charge is 2.17. The van der Waals surface area contributed by atoms with Crippen LogP contribution >= 0.6 is 15.9 Å². The van der Waals surface area contributed by atoms with Gasteiger partial charge in [0.2, 0.25) is 0 Å². The number of hydrogen-bond acceptors (Lipinski definition) is 4. The summed E-state index contributed by atoms with van der Waals surface area (Å²) in [6, 6.07) is 7.17. The first-order chi connectivity index (χ1) is 9.74. The number of halogens is 1. The Morgan fingerprint density at radius 3 is 3.10 bits per heavy atom. The van der Waals surface area contributed by atoms with Crippen LogP contribution in [0.4, 0.5) is 0 Å². The van der Waals surface area contributed by atoms with Gasteiger partial charge in [-0.2, -0.15) is 0 Å². The monoisotopic (exact) mass is 337 g/mol. The van der Waals surface area contributed by atoms with E-state index < -0.39 is 0 Å². The predicted molar refractivity (Wildman–Crippen MR) is 74.3 cm³/mol. The van der Waals surface area contributed by atoms with E-state index in [0.29, 0.717) is 13.2 Å². The molecular formula is C14H12BrNO4. The Kier molecular flexibility index (Phi) is 3.75. The minimum atomic E-state index is -0.254. The van der Waals surface area contributed by atoms with Crippen LogP contribution in [0.25, 0.3) is 0 Å². The molecule has 0 saturated heterocycles. The van der Waals surface area contributed by atoms with Gasteiger partial charge >= 0.3 is 0 Å². The first kappa shape index (κ1) is 13.2. The van der Waals surface area contributed by atoms with Crippen molar-refractivity contribution in [3.05, 3.63) is 51.9 Å². The number of benzene rings is 1. The van der Waals surface area contributed by atoms with E-state index in [4.69, 9.17) is 13.9 Å². The molecule has 2 aromatic rings. The van der Waals surface area contributed by atoms with Crippen molar-refractivity contribution in [3.8, 4) is 5.75 Å². The fourth-order valence-corrected chi connectivity index (χ4v) is 2.61. The van der Waals surface area contributed by atoms with Crippen molar-refractivity contribution in [1.29, 1.82) is 0 Å². The second kappa shape index (κ2) is 5.68. The van der Waals surface area contributed by atoms with E-state index in [9.17, 15) is 4.79 Å². The van der Waals surface area contributed by atoms with Crippen molar-refractivity contribution >= 4 is 21.8 Å². The van der Waals surface area contributed by atoms with Crippen LogP contribution < -0.4 is 10.1 Å². The van der Waals surface area contributed by atoms with Crippen LogP contribution in [0.15, 0.2) is 39.4 Å². The Labute approximate surface area is 124 Å².